The summed E-state index contributed by atoms with van der Waals surface area (Å²) in [6, 6.07) is 7.96. The molecule has 33 heavy (non-hydrogen) atoms. The van der Waals surface area contributed by atoms with Gasteiger partial charge in [0.2, 0.25) is 5.95 Å². The van der Waals surface area contributed by atoms with E-state index in [1.165, 1.54) is 0 Å². The minimum Gasteiger partial charge on any atom is -0.321 e. The number of rotatable bonds is 7. The van der Waals surface area contributed by atoms with Gasteiger partial charge in [-0.3, -0.25) is 9.36 Å². The fourth-order valence-corrected chi connectivity index (χ4v) is 4.40. The van der Waals surface area contributed by atoms with Gasteiger partial charge in [-0.05, 0) is 44.1 Å². The summed E-state index contributed by atoms with van der Waals surface area (Å²) in [5.74, 6) is 0.557. The lowest BCUT2D eigenvalue weighted by Crippen LogP contribution is -2.18. The molecule has 0 saturated carbocycles. The van der Waals surface area contributed by atoms with Crippen LogP contribution in [0.15, 0.2) is 42.9 Å². The highest BCUT2D eigenvalue weighted by Gasteiger charge is 2.26. The average molecular weight is 463 g/mol. The highest BCUT2D eigenvalue weighted by atomic mass is 35.5. The van der Waals surface area contributed by atoms with Crippen LogP contribution in [0.2, 0.25) is 5.02 Å². The molecule has 3 heterocycles. The number of anilines is 2. The van der Waals surface area contributed by atoms with Crippen molar-refractivity contribution in [2.45, 2.75) is 25.8 Å². The Morgan fingerprint density at radius 3 is 2.82 bits per heavy atom. The van der Waals surface area contributed by atoms with Crippen molar-refractivity contribution in [3.05, 3.63) is 70.4 Å². The van der Waals surface area contributed by atoms with Gasteiger partial charge in [-0.1, -0.05) is 29.8 Å². The van der Waals surface area contributed by atoms with E-state index < -0.39 is 0 Å². The summed E-state index contributed by atoms with van der Waals surface area (Å²) in [5, 5.41) is 13.3. The zero-order valence-electron chi connectivity index (χ0n) is 19.1. The predicted molar refractivity (Wildman–Crippen MR) is 130 cm³/mol. The molecular formula is C24H27ClN8. The first-order chi connectivity index (χ1) is 16.0. The SMILES string of the molecule is CN(C)CCn1cc(Nc2ncc3c(n2)-c2c(nn(C)c2Cc2ccccc2Cl)CC3)cn1. The lowest BCUT2D eigenvalue weighted by molar-refractivity contribution is 0.373. The van der Waals surface area contributed by atoms with Gasteiger partial charge in [-0.2, -0.15) is 10.2 Å². The summed E-state index contributed by atoms with van der Waals surface area (Å²) in [4.78, 5) is 11.6. The van der Waals surface area contributed by atoms with Crippen LogP contribution in [0.4, 0.5) is 11.6 Å². The fourth-order valence-electron chi connectivity index (χ4n) is 4.19. The number of aryl methyl sites for hydroxylation is 3. The fraction of sp³-hybridized carbons (Fsp3) is 0.333. The number of benzene rings is 1. The molecule has 8 nitrogen and oxygen atoms in total. The number of fused-ring (bicyclic) bond motifs is 3. The summed E-state index contributed by atoms with van der Waals surface area (Å²) in [6.07, 6.45) is 8.17. The molecule has 0 radical (unpaired) electrons. The maximum atomic E-state index is 6.46. The van der Waals surface area contributed by atoms with Crippen LogP contribution in [0.5, 0.6) is 0 Å². The predicted octanol–water partition coefficient (Wildman–Crippen LogP) is 3.72. The molecule has 0 spiro atoms. The van der Waals surface area contributed by atoms with Crippen molar-refractivity contribution in [2.75, 3.05) is 26.0 Å². The van der Waals surface area contributed by atoms with E-state index in [9.17, 15) is 0 Å². The molecule has 0 amide bonds. The molecule has 0 aliphatic heterocycles. The zero-order chi connectivity index (χ0) is 22.9. The van der Waals surface area contributed by atoms with E-state index in [1.807, 2.05) is 47.0 Å². The third-order valence-electron chi connectivity index (χ3n) is 5.95. The molecule has 170 valence electrons. The minimum atomic E-state index is 0.557. The lowest BCUT2D eigenvalue weighted by Gasteiger charge is -2.17. The third kappa shape index (κ3) is 4.49. The van der Waals surface area contributed by atoms with E-state index in [-0.39, 0.29) is 0 Å². The first-order valence-corrected chi connectivity index (χ1v) is 11.4. The molecule has 1 aromatic carbocycles. The van der Waals surface area contributed by atoms with Crippen molar-refractivity contribution in [3.63, 3.8) is 0 Å². The number of nitrogens with zero attached hydrogens (tertiary/aromatic N) is 7. The highest BCUT2D eigenvalue weighted by Crippen LogP contribution is 2.36. The van der Waals surface area contributed by atoms with Crippen molar-refractivity contribution in [1.29, 1.82) is 0 Å². The maximum absolute atomic E-state index is 6.46. The molecular weight excluding hydrogens is 436 g/mol. The number of hydrogen-bond acceptors (Lipinski definition) is 6. The monoisotopic (exact) mass is 462 g/mol. The summed E-state index contributed by atoms with van der Waals surface area (Å²) >= 11 is 6.46. The van der Waals surface area contributed by atoms with Gasteiger partial charge >= 0.3 is 0 Å². The molecule has 0 saturated heterocycles. The van der Waals surface area contributed by atoms with Gasteiger partial charge < -0.3 is 10.2 Å². The minimum absolute atomic E-state index is 0.557. The quantitative estimate of drug-likeness (QED) is 0.451. The van der Waals surface area contributed by atoms with Crippen LogP contribution in [0.1, 0.15) is 22.5 Å². The molecule has 0 bridgehead atoms. The largest absolute Gasteiger partial charge is 0.321 e. The molecule has 5 rings (SSSR count). The van der Waals surface area contributed by atoms with Crippen LogP contribution in [0.25, 0.3) is 11.3 Å². The van der Waals surface area contributed by atoms with Gasteiger partial charge in [0.25, 0.3) is 0 Å². The number of likely N-dealkylation sites (N-methyl/N-ethyl adjacent to an activating group) is 1. The molecule has 1 N–H and O–H groups in total. The molecule has 3 aromatic heterocycles. The van der Waals surface area contributed by atoms with Crippen molar-refractivity contribution < 1.29 is 0 Å². The van der Waals surface area contributed by atoms with E-state index in [4.69, 9.17) is 21.7 Å². The van der Waals surface area contributed by atoms with Crippen LogP contribution in [-0.4, -0.2) is 55.1 Å². The van der Waals surface area contributed by atoms with Crippen molar-refractivity contribution >= 4 is 23.2 Å². The van der Waals surface area contributed by atoms with E-state index in [0.717, 1.165) is 70.4 Å². The second kappa shape index (κ2) is 8.96. The Bertz CT molecular complexity index is 1290. The number of halogens is 1. The van der Waals surface area contributed by atoms with E-state index >= 15 is 0 Å². The van der Waals surface area contributed by atoms with Crippen LogP contribution in [-0.2, 0) is 32.9 Å². The number of hydrogen-bond donors (Lipinski definition) is 1. The Morgan fingerprint density at radius 1 is 1.15 bits per heavy atom. The molecule has 1 aliphatic rings. The Kier molecular flexibility index (Phi) is 5.86. The molecule has 0 atom stereocenters. The van der Waals surface area contributed by atoms with Gasteiger partial charge in [-0.15, -0.1) is 0 Å². The molecule has 9 heteroatoms. The van der Waals surface area contributed by atoms with Crippen molar-refractivity contribution in [2.24, 2.45) is 7.05 Å². The topological polar surface area (TPSA) is 76.7 Å². The zero-order valence-corrected chi connectivity index (χ0v) is 19.8. The smallest absolute Gasteiger partial charge is 0.227 e. The molecule has 0 unspecified atom stereocenters. The molecule has 0 fully saturated rings. The lowest BCUT2D eigenvalue weighted by atomic mass is 9.91. The summed E-state index contributed by atoms with van der Waals surface area (Å²) < 4.78 is 3.88. The van der Waals surface area contributed by atoms with Gasteiger partial charge in [0.15, 0.2) is 0 Å². The van der Waals surface area contributed by atoms with Gasteiger partial charge in [-0.25, -0.2) is 9.97 Å². The van der Waals surface area contributed by atoms with Gasteiger partial charge in [0.05, 0.1) is 35.5 Å². The van der Waals surface area contributed by atoms with Crippen LogP contribution < -0.4 is 5.32 Å². The average Bonchev–Trinajstić information content (AvgIpc) is 3.37. The second-order valence-electron chi connectivity index (χ2n) is 8.65. The van der Waals surface area contributed by atoms with E-state index in [1.54, 1.807) is 6.20 Å². The van der Waals surface area contributed by atoms with E-state index in [0.29, 0.717) is 12.4 Å². The van der Waals surface area contributed by atoms with Crippen LogP contribution >= 0.6 is 11.6 Å². The normalized spacial score (nSPS) is 12.6. The Hall–Kier alpha value is -3.23. The molecule has 4 aromatic rings. The second-order valence-corrected chi connectivity index (χ2v) is 9.06. The van der Waals surface area contributed by atoms with Crippen molar-refractivity contribution in [1.82, 2.24) is 34.4 Å². The van der Waals surface area contributed by atoms with Gasteiger partial charge in [0, 0.05) is 43.0 Å². The summed E-state index contributed by atoms with van der Waals surface area (Å²) in [5.41, 5.74) is 7.33. The first-order valence-electron chi connectivity index (χ1n) is 11.1. The third-order valence-corrected chi connectivity index (χ3v) is 6.32. The highest BCUT2D eigenvalue weighted by molar-refractivity contribution is 6.31. The van der Waals surface area contributed by atoms with E-state index in [2.05, 4.69) is 40.5 Å². The maximum Gasteiger partial charge on any atom is 0.227 e. The van der Waals surface area contributed by atoms with Crippen LogP contribution in [0, 0.1) is 0 Å². The summed E-state index contributed by atoms with van der Waals surface area (Å²) in [6.45, 7) is 1.75. The standard InChI is InChI=1S/C24H27ClN8/c1-31(2)10-11-33-15-18(14-27-33)28-24-26-13-17-8-9-20-22(23(17)29-24)21(32(3)30-20)12-16-6-4-5-7-19(16)25/h4-7,13-15H,8-12H2,1-3H3,(H,26,28,29). The number of aromatic nitrogens is 6. The number of nitrogens with one attached hydrogen (secondary N) is 1. The Morgan fingerprint density at radius 2 is 2.00 bits per heavy atom. The van der Waals surface area contributed by atoms with Gasteiger partial charge in [0.1, 0.15) is 0 Å². The first kappa shape index (κ1) is 21.6. The Labute approximate surface area is 198 Å². The summed E-state index contributed by atoms with van der Waals surface area (Å²) in [7, 11) is 6.10. The Balaban J connectivity index is 1.45. The molecule has 1 aliphatic carbocycles. The van der Waals surface area contributed by atoms with Crippen LogP contribution in [0.3, 0.4) is 0 Å². The van der Waals surface area contributed by atoms with Crippen molar-refractivity contribution in [3.8, 4) is 11.3 Å².